The molecule has 0 aliphatic carbocycles. The van der Waals surface area contributed by atoms with E-state index in [1.54, 1.807) is 36.4 Å². The lowest BCUT2D eigenvalue weighted by molar-refractivity contribution is -0.277. The molecule has 0 radical (unpaired) electrons. The van der Waals surface area contributed by atoms with E-state index in [1.165, 1.54) is 14.2 Å². The second-order valence-electron chi connectivity index (χ2n) is 8.78. The van der Waals surface area contributed by atoms with Crippen LogP contribution in [-0.2, 0) is 4.74 Å². The highest BCUT2D eigenvalue weighted by atomic mass is 16.7. The molecule has 37 heavy (non-hydrogen) atoms. The average molecular weight is 521 g/mol. The zero-order valence-electron chi connectivity index (χ0n) is 20.4. The van der Waals surface area contributed by atoms with Gasteiger partial charge in [0.05, 0.1) is 40.0 Å². The van der Waals surface area contributed by atoms with E-state index in [0.717, 1.165) is 11.1 Å². The number of aliphatic hydroxyl groups is 6. The predicted molar refractivity (Wildman–Crippen MR) is 130 cm³/mol. The fourth-order valence-electron chi connectivity index (χ4n) is 4.60. The quantitative estimate of drug-likeness (QED) is 0.265. The second-order valence-corrected chi connectivity index (χ2v) is 8.78. The molecule has 4 rings (SSSR count). The Kier molecular flexibility index (Phi) is 8.55. The van der Waals surface area contributed by atoms with Gasteiger partial charge in [-0.1, -0.05) is 18.2 Å². The third-order valence-electron chi connectivity index (χ3n) is 6.56. The van der Waals surface area contributed by atoms with Crippen LogP contribution >= 0.6 is 0 Å². The molecule has 202 valence electrons. The monoisotopic (exact) mass is 520 g/mol. The fraction of sp³-hybridized carbons (Fsp3) is 0.462. The van der Waals surface area contributed by atoms with Crippen molar-refractivity contribution in [1.82, 2.24) is 0 Å². The molecule has 2 aliphatic rings. The van der Waals surface area contributed by atoms with Crippen molar-refractivity contribution >= 4 is 6.08 Å². The van der Waals surface area contributed by atoms with Crippen LogP contribution in [0.3, 0.4) is 0 Å². The maximum atomic E-state index is 10.3. The minimum Gasteiger partial charge on any atom is -0.493 e. The van der Waals surface area contributed by atoms with Gasteiger partial charge in [-0.05, 0) is 35.4 Å². The number of hydrogen-bond donors (Lipinski definition) is 6. The van der Waals surface area contributed by atoms with Crippen molar-refractivity contribution < 1.29 is 54.3 Å². The Hall–Kier alpha value is -2.90. The van der Waals surface area contributed by atoms with Crippen molar-refractivity contribution in [2.24, 2.45) is 0 Å². The molecule has 7 unspecified atom stereocenters. The number of rotatable bonds is 9. The molecule has 2 aromatic carbocycles. The minimum absolute atomic E-state index is 0.112. The van der Waals surface area contributed by atoms with Crippen molar-refractivity contribution in [2.75, 3.05) is 34.0 Å². The largest absolute Gasteiger partial charge is 0.493 e. The third-order valence-corrected chi connectivity index (χ3v) is 6.56. The Labute approximate surface area is 213 Å². The number of hydrogen-bond acceptors (Lipinski definition) is 11. The summed E-state index contributed by atoms with van der Waals surface area (Å²) >= 11 is 0. The van der Waals surface area contributed by atoms with Crippen molar-refractivity contribution in [3.8, 4) is 23.0 Å². The lowest BCUT2D eigenvalue weighted by atomic mass is 9.90. The lowest BCUT2D eigenvalue weighted by Crippen LogP contribution is -2.60. The zero-order valence-corrected chi connectivity index (χ0v) is 20.4. The van der Waals surface area contributed by atoms with E-state index in [4.69, 9.17) is 28.8 Å². The highest BCUT2D eigenvalue weighted by molar-refractivity contribution is 5.62. The summed E-state index contributed by atoms with van der Waals surface area (Å²) in [6.45, 7) is -0.900. The molecule has 0 saturated carbocycles. The summed E-state index contributed by atoms with van der Waals surface area (Å²) in [6, 6.07) is 8.60. The van der Waals surface area contributed by atoms with Gasteiger partial charge in [-0.25, -0.2) is 0 Å². The minimum atomic E-state index is -1.58. The van der Waals surface area contributed by atoms with E-state index in [2.05, 4.69) is 0 Å². The molecule has 2 heterocycles. The van der Waals surface area contributed by atoms with Crippen LogP contribution in [0.4, 0.5) is 0 Å². The fourth-order valence-corrected chi connectivity index (χ4v) is 4.60. The van der Waals surface area contributed by atoms with Gasteiger partial charge in [0.2, 0.25) is 6.29 Å². The molecule has 6 N–H and O–H groups in total. The van der Waals surface area contributed by atoms with Crippen LogP contribution in [0, 0.1) is 0 Å². The SMILES string of the molecule is COc1cc(C2Oc3c(OC)cc(/C=C/CO)cc3C2CO)ccc1OC1OC(CO)C(O)C(O)C1O. The molecule has 0 bridgehead atoms. The molecule has 11 nitrogen and oxygen atoms in total. The molecule has 2 aromatic rings. The topological polar surface area (TPSA) is 168 Å². The molecular formula is C26H32O11. The summed E-state index contributed by atoms with van der Waals surface area (Å²) in [5.74, 6) is 1.03. The molecule has 11 heteroatoms. The number of ether oxygens (including phenoxy) is 5. The average Bonchev–Trinajstić information content (AvgIpc) is 3.30. The first-order chi connectivity index (χ1) is 17.9. The Balaban J connectivity index is 1.61. The van der Waals surface area contributed by atoms with Gasteiger partial charge in [-0.2, -0.15) is 0 Å². The van der Waals surface area contributed by atoms with Crippen LogP contribution < -0.4 is 18.9 Å². The maximum Gasteiger partial charge on any atom is 0.229 e. The van der Waals surface area contributed by atoms with Gasteiger partial charge in [0.1, 0.15) is 30.5 Å². The van der Waals surface area contributed by atoms with Crippen molar-refractivity contribution in [3.63, 3.8) is 0 Å². The van der Waals surface area contributed by atoms with Gasteiger partial charge >= 0.3 is 0 Å². The summed E-state index contributed by atoms with van der Waals surface area (Å²) in [5.41, 5.74) is 2.21. The molecule has 1 fully saturated rings. The Morgan fingerprint density at radius 1 is 0.865 bits per heavy atom. The Morgan fingerprint density at radius 2 is 1.62 bits per heavy atom. The Morgan fingerprint density at radius 3 is 2.27 bits per heavy atom. The lowest BCUT2D eigenvalue weighted by Gasteiger charge is -2.39. The standard InChI is InChI=1S/C26H32O11/c1-33-18-10-14(5-6-17(18)35-26-23(32)22(31)21(30)20(12-29)36-26)24-16(11-28)15-8-13(4-3-7-27)9-19(34-2)25(15)37-24/h3-6,8-10,16,20-24,26-32H,7,11-12H2,1-2H3/b4-3+. The van der Waals surface area contributed by atoms with E-state index >= 15 is 0 Å². The normalized spacial score (nSPS) is 29.1. The first-order valence-corrected chi connectivity index (χ1v) is 11.8. The van der Waals surface area contributed by atoms with Crippen LogP contribution in [-0.4, -0.2) is 95.4 Å². The molecule has 0 aromatic heterocycles. The molecule has 0 amide bonds. The number of fused-ring (bicyclic) bond motifs is 1. The van der Waals surface area contributed by atoms with E-state index < -0.39 is 49.3 Å². The van der Waals surface area contributed by atoms with Crippen LogP contribution in [0.25, 0.3) is 6.08 Å². The van der Waals surface area contributed by atoms with E-state index in [1.807, 2.05) is 6.07 Å². The molecular weight excluding hydrogens is 488 g/mol. The van der Waals surface area contributed by atoms with E-state index in [0.29, 0.717) is 17.1 Å². The summed E-state index contributed by atoms with van der Waals surface area (Å²) in [7, 11) is 2.95. The van der Waals surface area contributed by atoms with E-state index in [9.17, 15) is 25.5 Å². The summed E-state index contributed by atoms with van der Waals surface area (Å²) in [6.07, 6.45) is -4.38. The molecule has 0 spiro atoms. The molecule has 2 aliphatic heterocycles. The highest BCUT2D eigenvalue weighted by Gasteiger charge is 2.45. The van der Waals surface area contributed by atoms with Gasteiger partial charge in [0.25, 0.3) is 0 Å². The third kappa shape index (κ3) is 5.25. The van der Waals surface area contributed by atoms with E-state index in [-0.39, 0.29) is 24.7 Å². The first kappa shape index (κ1) is 27.1. The zero-order chi connectivity index (χ0) is 26.7. The summed E-state index contributed by atoms with van der Waals surface area (Å²) in [5, 5.41) is 59.1. The van der Waals surface area contributed by atoms with Crippen LogP contribution in [0.2, 0.25) is 0 Å². The number of methoxy groups -OCH3 is 2. The summed E-state index contributed by atoms with van der Waals surface area (Å²) in [4.78, 5) is 0. The number of aliphatic hydroxyl groups excluding tert-OH is 6. The Bertz CT molecular complexity index is 1100. The van der Waals surface area contributed by atoms with Gasteiger partial charge in [-0.3, -0.25) is 0 Å². The van der Waals surface area contributed by atoms with Crippen LogP contribution in [0.5, 0.6) is 23.0 Å². The molecule has 1 saturated heterocycles. The van der Waals surface area contributed by atoms with Gasteiger partial charge in [0.15, 0.2) is 23.0 Å². The highest BCUT2D eigenvalue weighted by Crippen LogP contribution is 2.51. The van der Waals surface area contributed by atoms with Gasteiger partial charge in [-0.15, -0.1) is 0 Å². The van der Waals surface area contributed by atoms with Crippen molar-refractivity contribution in [2.45, 2.75) is 42.7 Å². The van der Waals surface area contributed by atoms with Gasteiger partial charge in [0, 0.05) is 5.56 Å². The predicted octanol–water partition coefficient (Wildman–Crippen LogP) is 0.0976. The van der Waals surface area contributed by atoms with Crippen molar-refractivity contribution in [1.29, 1.82) is 0 Å². The smallest absolute Gasteiger partial charge is 0.229 e. The van der Waals surface area contributed by atoms with Crippen molar-refractivity contribution in [3.05, 3.63) is 53.1 Å². The number of benzene rings is 2. The molecule has 7 atom stereocenters. The second kappa shape index (κ2) is 11.7. The van der Waals surface area contributed by atoms with Crippen LogP contribution in [0.15, 0.2) is 36.4 Å². The van der Waals surface area contributed by atoms with Crippen LogP contribution in [0.1, 0.15) is 28.7 Å². The van der Waals surface area contributed by atoms with Gasteiger partial charge < -0.3 is 54.3 Å². The summed E-state index contributed by atoms with van der Waals surface area (Å²) < 4.78 is 28.4. The first-order valence-electron chi connectivity index (χ1n) is 11.8. The maximum absolute atomic E-state index is 10.3.